The molecule has 1 heterocycles. The Morgan fingerprint density at radius 2 is 2.05 bits per heavy atom. The van der Waals surface area contributed by atoms with Crippen molar-refractivity contribution in [3.05, 3.63) is 54.2 Å². The highest BCUT2D eigenvalue weighted by Crippen LogP contribution is 2.19. The van der Waals surface area contributed by atoms with E-state index in [0.29, 0.717) is 0 Å². The Morgan fingerprint density at radius 1 is 1.24 bits per heavy atom. The lowest BCUT2D eigenvalue weighted by Gasteiger charge is -2.01. The number of fused-ring (bicyclic) bond motifs is 1. The summed E-state index contributed by atoms with van der Waals surface area (Å²) in [4.78, 5) is 15.4. The number of benzene rings is 2. The summed E-state index contributed by atoms with van der Waals surface area (Å²) in [7, 11) is 0. The molecule has 3 aromatic rings. The first kappa shape index (κ1) is 13.1. The number of hydrogen-bond donors (Lipinski definition) is 2. The smallest absolute Gasteiger partial charge is 0.221 e. The minimum atomic E-state index is -0.0794. The number of rotatable bonds is 3. The number of carbonyl (C=O) groups excluding carboxylic acids is 1. The Hall–Kier alpha value is -2.95. The number of nitrogens with zero attached hydrogens (tertiary/aromatic N) is 2. The Morgan fingerprint density at radius 3 is 2.81 bits per heavy atom. The van der Waals surface area contributed by atoms with Crippen LogP contribution < -0.4 is 5.32 Å². The maximum atomic E-state index is 10.9. The van der Waals surface area contributed by atoms with Gasteiger partial charge in [0.1, 0.15) is 0 Å². The average Bonchev–Trinajstić information content (AvgIpc) is 2.93. The van der Waals surface area contributed by atoms with Crippen molar-refractivity contribution < 1.29 is 4.79 Å². The standard InChI is InChI=1S/C16H14N4O/c1-11(21)19-14-5-2-12(3-6-14)9-17-15-7-4-13-10-18-20-16(13)8-15/h2-10H,1H3,(H,18,20)(H,19,21). The molecule has 5 nitrogen and oxygen atoms in total. The van der Waals surface area contributed by atoms with Crippen LogP contribution in [0.1, 0.15) is 12.5 Å². The lowest BCUT2D eigenvalue weighted by Crippen LogP contribution is -2.05. The third-order valence-corrected chi connectivity index (χ3v) is 3.02. The van der Waals surface area contributed by atoms with E-state index in [2.05, 4.69) is 20.5 Å². The van der Waals surface area contributed by atoms with Crippen LogP contribution in [0.15, 0.2) is 53.7 Å². The molecule has 0 fully saturated rings. The van der Waals surface area contributed by atoms with E-state index >= 15 is 0 Å². The van der Waals surface area contributed by atoms with Crippen LogP contribution in [0.25, 0.3) is 10.9 Å². The van der Waals surface area contributed by atoms with Crippen LogP contribution in [0.4, 0.5) is 11.4 Å². The van der Waals surface area contributed by atoms with Crippen molar-refractivity contribution in [1.82, 2.24) is 10.2 Å². The van der Waals surface area contributed by atoms with Crippen molar-refractivity contribution >= 4 is 34.4 Å². The monoisotopic (exact) mass is 278 g/mol. The fourth-order valence-electron chi connectivity index (χ4n) is 2.01. The first-order valence-corrected chi connectivity index (χ1v) is 6.55. The first-order valence-electron chi connectivity index (χ1n) is 6.55. The molecule has 0 saturated heterocycles. The van der Waals surface area contributed by atoms with E-state index in [4.69, 9.17) is 0 Å². The van der Waals surface area contributed by atoms with Crippen LogP contribution in [0.2, 0.25) is 0 Å². The Kier molecular flexibility index (Phi) is 3.47. The van der Waals surface area contributed by atoms with Crippen molar-refractivity contribution in [1.29, 1.82) is 0 Å². The van der Waals surface area contributed by atoms with Gasteiger partial charge in [0, 0.05) is 24.2 Å². The fraction of sp³-hybridized carbons (Fsp3) is 0.0625. The van der Waals surface area contributed by atoms with E-state index in [9.17, 15) is 4.79 Å². The Labute approximate surface area is 121 Å². The molecule has 0 radical (unpaired) electrons. The topological polar surface area (TPSA) is 70.1 Å². The lowest BCUT2D eigenvalue weighted by atomic mass is 10.2. The number of H-pyrrole nitrogens is 1. The Balaban J connectivity index is 1.76. The van der Waals surface area contributed by atoms with Gasteiger partial charge < -0.3 is 5.32 Å². The molecule has 1 amide bonds. The maximum absolute atomic E-state index is 10.9. The Bertz CT molecular complexity index is 803. The number of carbonyl (C=O) groups is 1. The highest BCUT2D eigenvalue weighted by atomic mass is 16.1. The SMILES string of the molecule is CC(=O)Nc1ccc(C=Nc2ccc3cn[nH]c3c2)cc1. The highest BCUT2D eigenvalue weighted by Gasteiger charge is 1.97. The number of hydrogen-bond acceptors (Lipinski definition) is 3. The maximum Gasteiger partial charge on any atom is 0.221 e. The number of anilines is 1. The third kappa shape index (κ3) is 3.14. The van der Waals surface area contributed by atoms with Gasteiger partial charge in [-0.1, -0.05) is 12.1 Å². The summed E-state index contributed by atoms with van der Waals surface area (Å²) in [5.41, 5.74) is 3.57. The summed E-state index contributed by atoms with van der Waals surface area (Å²) >= 11 is 0. The molecule has 0 aliphatic carbocycles. The lowest BCUT2D eigenvalue weighted by molar-refractivity contribution is -0.114. The first-order chi connectivity index (χ1) is 10.2. The molecule has 2 N–H and O–H groups in total. The molecule has 2 aromatic carbocycles. The molecule has 0 spiro atoms. The van der Waals surface area contributed by atoms with Crippen molar-refractivity contribution in [3.8, 4) is 0 Å². The zero-order valence-corrected chi connectivity index (χ0v) is 11.5. The van der Waals surface area contributed by atoms with Crippen LogP contribution in [0, 0.1) is 0 Å². The molecule has 0 unspecified atom stereocenters. The summed E-state index contributed by atoms with van der Waals surface area (Å²) in [6.45, 7) is 1.49. The van der Waals surface area contributed by atoms with Gasteiger partial charge in [-0.2, -0.15) is 5.10 Å². The minimum absolute atomic E-state index is 0.0794. The summed E-state index contributed by atoms with van der Waals surface area (Å²) < 4.78 is 0. The fourth-order valence-corrected chi connectivity index (χ4v) is 2.01. The second kappa shape index (κ2) is 5.58. The number of aliphatic imine (C=N–C) groups is 1. The number of aromatic nitrogens is 2. The molecule has 0 aliphatic heterocycles. The molecule has 0 aliphatic rings. The second-order valence-electron chi connectivity index (χ2n) is 4.70. The van der Waals surface area contributed by atoms with Crippen molar-refractivity contribution in [2.45, 2.75) is 6.92 Å². The van der Waals surface area contributed by atoms with Crippen molar-refractivity contribution in [2.75, 3.05) is 5.32 Å². The third-order valence-electron chi connectivity index (χ3n) is 3.02. The summed E-state index contributed by atoms with van der Waals surface area (Å²) in [6.07, 6.45) is 3.57. The quantitative estimate of drug-likeness (QED) is 0.722. The molecule has 5 heteroatoms. The van der Waals surface area contributed by atoms with E-state index < -0.39 is 0 Å². The van der Waals surface area contributed by atoms with E-state index in [1.165, 1.54) is 6.92 Å². The zero-order valence-electron chi connectivity index (χ0n) is 11.5. The minimum Gasteiger partial charge on any atom is -0.326 e. The van der Waals surface area contributed by atoms with Crippen LogP contribution in [0.5, 0.6) is 0 Å². The molecule has 21 heavy (non-hydrogen) atoms. The largest absolute Gasteiger partial charge is 0.326 e. The molecule has 0 bridgehead atoms. The summed E-state index contributed by atoms with van der Waals surface area (Å²) in [5.74, 6) is -0.0794. The van der Waals surface area contributed by atoms with Crippen LogP contribution in [-0.4, -0.2) is 22.3 Å². The van der Waals surface area contributed by atoms with Gasteiger partial charge in [-0.3, -0.25) is 14.9 Å². The average molecular weight is 278 g/mol. The van der Waals surface area contributed by atoms with Crippen LogP contribution >= 0.6 is 0 Å². The van der Waals surface area contributed by atoms with Crippen molar-refractivity contribution in [3.63, 3.8) is 0 Å². The van der Waals surface area contributed by atoms with Gasteiger partial charge in [0.05, 0.1) is 17.4 Å². The zero-order chi connectivity index (χ0) is 14.7. The van der Waals surface area contributed by atoms with Gasteiger partial charge in [0.25, 0.3) is 0 Å². The van der Waals surface area contributed by atoms with Gasteiger partial charge in [-0.15, -0.1) is 0 Å². The number of nitrogens with one attached hydrogen (secondary N) is 2. The van der Waals surface area contributed by atoms with Crippen LogP contribution in [-0.2, 0) is 4.79 Å². The molecule has 104 valence electrons. The summed E-state index contributed by atoms with van der Waals surface area (Å²) in [5, 5.41) is 10.7. The van der Waals surface area contributed by atoms with Gasteiger partial charge in [-0.25, -0.2) is 0 Å². The van der Waals surface area contributed by atoms with E-state index in [-0.39, 0.29) is 5.91 Å². The second-order valence-corrected chi connectivity index (χ2v) is 4.70. The van der Waals surface area contributed by atoms with Gasteiger partial charge >= 0.3 is 0 Å². The van der Waals surface area contributed by atoms with Gasteiger partial charge in [0.15, 0.2) is 0 Å². The van der Waals surface area contributed by atoms with E-state index in [0.717, 1.165) is 27.8 Å². The summed E-state index contributed by atoms with van der Waals surface area (Å²) in [6, 6.07) is 13.4. The van der Waals surface area contributed by atoms with E-state index in [1.807, 2.05) is 42.5 Å². The van der Waals surface area contributed by atoms with Crippen molar-refractivity contribution in [2.24, 2.45) is 4.99 Å². The number of amides is 1. The molecular formula is C16H14N4O. The van der Waals surface area contributed by atoms with Crippen LogP contribution in [0.3, 0.4) is 0 Å². The highest BCUT2D eigenvalue weighted by molar-refractivity contribution is 5.90. The van der Waals surface area contributed by atoms with E-state index in [1.54, 1.807) is 12.4 Å². The molecule has 1 aromatic heterocycles. The predicted molar refractivity (Wildman–Crippen MR) is 84.1 cm³/mol. The number of aromatic amines is 1. The molecular weight excluding hydrogens is 264 g/mol. The predicted octanol–water partition coefficient (Wildman–Crippen LogP) is 3.27. The van der Waals surface area contributed by atoms with Gasteiger partial charge in [-0.05, 0) is 35.9 Å². The molecule has 0 atom stereocenters. The van der Waals surface area contributed by atoms with Gasteiger partial charge in [0.2, 0.25) is 5.91 Å². The molecule has 3 rings (SSSR count). The molecule has 0 saturated carbocycles. The normalized spacial score (nSPS) is 11.1.